The van der Waals surface area contributed by atoms with Crippen molar-refractivity contribution in [3.63, 3.8) is 0 Å². The summed E-state index contributed by atoms with van der Waals surface area (Å²) >= 11 is 0. The van der Waals surface area contributed by atoms with Crippen molar-refractivity contribution in [2.75, 3.05) is 25.6 Å². The van der Waals surface area contributed by atoms with Crippen LogP contribution >= 0.6 is 0 Å². The molecule has 0 aliphatic carbocycles. The molecule has 2 amide bonds. The lowest BCUT2D eigenvalue weighted by Crippen LogP contribution is -2.40. The Morgan fingerprint density at radius 1 is 1.53 bits per heavy atom. The predicted molar refractivity (Wildman–Crippen MR) is 70.2 cm³/mol. The topological polar surface area (TPSA) is 82.0 Å². The summed E-state index contributed by atoms with van der Waals surface area (Å²) in [6, 6.07) is 6.39. The average molecular weight is 266 g/mol. The first-order valence-electron chi connectivity index (χ1n) is 6.15. The van der Waals surface area contributed by atoms with Crippen molar-refractivity contribution < 1.29 is 19.7 Å². The van der Waals surface area contributed by atoms with E-state index in [-0.39, 0.29) is 25.2 Å². The van der Waals surface area contributed by atoms with Gasteiger partial charge >= 0.3 is 6.03 Å². The highest BCUT2D eigenvalue weighted by molar-refractivity contribution is 5.91. The van der Waals surface area contributed by atoms with E-state index in [2.05, 4.69) is 5.32 Å². The van der Waals surface area contributed by atoms with Crippen LogP contribution in [0.1, 0.15) is 6.42 Å². The molecule has 1 aliphatic heterocycles. The SMILES string of the molecule is COc1ccccc1NC(=O)N1C[C@H](O)C[C@@H]1CO. The molecule has 0 saturated carbocycles. The van der Waals surface area contributed by atoms with Crippen LogP contribution in [0.5, 0.6) is 5.75 Å². The van der Waals surface area contributed by atoms with Crippen LogP contribution < -0.4 is 10.1 Å². The van der Waals surface area contributed by atoms with Crippen LogP contribution in [0.2, 0.25) is 0 Å². The lowest BCUT2D eigenvalue weighted by Gasteiger charge is -2.23. The summed E-state index contributed by atoms with van der Waals surface area (Å²) in [6.07, 6.45) is -0.184. The summed E-state index contributed by atoms with van der Waals surface area (Å²) in [5.74, 6) is 0.566. The Hall–Kier alpha value is -1.79. The van der Waals surface area contributed by atoms with E-state index in [4.69, 9.17) is 4.74 Å². The number of hydrogen-bond donors (Lipinski definition) is 3. The molecule has 6 nitrogen and oxygen atoms in total. The number of likely N-dealkylation sites (tertiary alicyclic amines) is 1. The second kappa shape index (κ2) is 5.90. The van der Waals surface area contributed by atoms with Gasteiger partial charge in [0.25, 0.3) is 0 Å². The molecule has 1 aromatic carbocycles. The second-order valence-electron chi connectivity index (χ2n) is 4.51. The number of ether oxygens (including phenoxy) is 1. The Kier molecular flexibility index (Phi) is 4.24. The number of aliphatic hydroxyl groups excluding tert-OH is 2. The molecule has 1 heterocycles. The van der Waals surface area contributed by atoms with Gasteiger partial charge in [-0.25, -0.2) is 4.79 Å². The Labute approximate surface area is 111 Å². The number of para-hydroxylation sites is 2. The van der Waals surface area contributed by atoms with Gasteiger partial charge in [-0.1, -0.05) is 12.1 Å². The van der Waals surface area contributed by atoms with Gasteiger partial charge in [0.05, 0.1) is 31.5 Å². The number of β-amino-alcohol motifs (C(OH)–C–C–N with tert-alkyl or cyclic N) is 1. The Balaban J connectivity index is 2.08. The fourth-order valence-corrected chi connectivity index (χ4v) is 2.25. The number of carbonyl (C=O) groups is 1. The van der Waals surface area contributed by atoms with Crippen LogP contribution in [0.15, 0.2) is 24.3 Å². The Morgan fingerprint density at radius 3 is 2.95 bits per heavy atom. The molecule has 0 radical (unpaired) electrons. The van der Waals surface area contributed by atoms with Crippen molar-refractivity contribution in [3.05, 3.63) is 24.3 Å². The highest BCUT2D eigenvalue weighted by Crippen LogP contribution is 2.25. The number of carbonyl (C=O) groups excluding carboxylic acids is 1. The van der Waals surface area contributed by atoms with Gasteiger partial charge in [0.15, 0.2) is 0 Å². The lowest BCUT2D eigenvalue weighted by atomic mass is 10.2. The highest BCUT2D eigenvalue weighted by Gasteiger charge is 2.34. The van der Waals surface area contributed by atoms with E-state index in [1.54, 1.807) is 18.2 Å². The molecule has 104 valence electrons. The minimum atomic E-state index is -0.583. The molecular formula is C13H18N2O4. The molecule has 1 aliphatic rings. The van der Waals surface area contributed by atoms with E-state index in [9.17, 15) is 15.0 Å². The van der Waals surface area contributed by atoms with Gasteiger partial charge in [-0.2, -0.15) is 0 Å². The monoisotopic (exact) mass is 266 g/mol. The number of benzene rings is 1. The molecule has 1 saturated heterocycles. The van der Waals surface area contributed by atoms with Crippen molar-refractivity contribution in [1.82, 2.24) is 4.90 Å². The minimum absolute atomic E-state index is 0.156. The molecular weight excluding hydrogens is 248 g/mol. The highest BCUT2D eigenvalue weighted by atomic mass is 16.5. The summed E-state index contributed by atoms with van der Waals surface area (Å²) in [6.45, 7) is 0.0720. The summed E-state index contributed by atoms with van der Waals surface area (Å²) in [7, 11) is 1.53. The number of nitrogens with zero attached hydrogens (tertiary/aromatic N) is 1. The third-order valence-corrected chi connectivity index (χ3v) is 3.21. The molecule has 0 aromatic heterocycles. The maximum atomic E-state index is 12.1. The van der Waals surface area contributed by atoms with Crippen LogP contribution in [0.25, 0.3) is 0 Å². The number of hydrogen-bond acceptors (Lipinski definition) is 4. The van der Waals surface area contributed by atoms with E-state index in [1.165, 1.54) is 12.0 Å². The van der Waals surface area contributed by atoms with Crippen LogP contribution in [-0.2, 0) is 0 Å². The molecule has 0 unspecified atom stereocenters. The van der Waals surface area contributed by atoms with Gasteiger partial charge in [0.1, 0.15) is 5.75 Å². The summed E-state index contributed by atoms with van der Waals surface area (Å²) in [4.78, 5) is 13.6. The van der Waals surface area contributed by atoms with E-state index >= 15 is 0 Å². The molecule has 1 aromatic rings. The van der Waals surface area contributed by atoms with E-state index < -0.39 is 6.10 Å². The lowest BCUT2D eigenvalue weighted by molar-refractivity contribution is 0.164. The fourth-order valence-electron chi connectivity index (χ4n) is 2.25. The van der Waals surface area contributed by atoms with Crippen LogP contribution in [0.4, 0.5) is 10.5 Å². The number of methoxy groups -OCH3 is 1. The smallest absolute Gasteiger partial charge is 0.322 e. The van der Waals surface area contributed by atoms with E-state index in [0.29, 0.717) is 17.9 Å². The van der Waals surface area contributed by atoms with Gasteiger partial charge in [-0.15, -0.1) is 0 Å². The number of aliphatic hydroxyl groups is 2. The van der Waals surface area contributed by atoms with Crippen molar-refractivity contribution in [3.8, 4) is 5.75 Å². The summed E-state index contributed by atoms with van der Waals surface area (Å²) in [5, 5.41) is 21.5. The van der Waals surface area contributed by atoms with E-state index in [1.807, 2.05) is 6.07 Å². The number of anilines is 1. The molecule has 0 spiro atoms. The van der Waals surface area contributed by atoms with Gasteiger partial charge in [-0.3, -0.25) is 0 Å². The fraction of sp³-hybridized carbons (Fsp3) is 0.462. The normalized spacial score (nSPS) is 22.4. The zero-order valence-electron chi connectivity index (χ0n) is 10.7. The molecule has 2 rings (SSSR count). The van der Waals surface area contributed by atoms with Gasteiger partial charge < -0.3 is 25.2 Å². The molecule has 6 heteroatoms. The number of amides is 2. The van der Waals surface area contributed by atoms with Crippen molar-refractivity contribution >= 4 is 11.7 Å². The van der Waals surface area contributed by atoms with Gasteiger partial charge in [-0.05, 0) is 18.6 Å². The third kappa shape index (κ3) is 2.97. The van der Waals surface area contributed by atoms with Crippen molar-refractivity contribution in [2.24, 2.45) is 0 Å². The first-order chi connectivity index (χ1) is 9.15. The van der Waals surface area contributed by atoms with E-state index in [0.717, 1.165) is 0 Å². The van der Waals surface area contributed by atoms with Gasteiger partial charge in [0, 0.05) is 6.54 Å². The van der Waals surface area contributed by atoms with Crippen LogP contribution in [-0.4, -0.2) is 53.6 Å². The predicted octanol–water partition coefficient (Wildman–Crippen LogP) is 0.655. The maximum absolute atomic E-state index is 12.1. The van der Waals surface area contributed by atoms with Crippen molar-refractivity contribution in [1.29, 1.82) is 0 Å². The molecule has 1 fully saturated rings. The Bertz CT molecular complexity index is 452. The number of rotatable bonds is 3. The average Bonchev–Trinajstić information content (AvgIpc) is 2.80. The third-order valence-electron chi connectivity index (χ3n) is 3.21. The first kappa shape index (κ1) is 13.6. The van der Waals surface area contributed by atoms with Crippen LogP contribution in [0, 0.1) is 0 Å². The Morgan fingerprint density at radius 2 is 2.26 bits per heavy atom. The quantitative estimate of drug-likeness (QED) is 0.750. The second-order valence-corrected chi connectivity index (χ2v) is 4.51. The zero-order valence-corrected chi connectivity index (χ0v) is 10.7. The largest absolute Gasteiger partial charge is 0.495 e. The van der Waals surface area contributed by atoms with Gasteiger partial charge in [0.2, 0.25) is 0 Å². The maximum Gasteiger partial charge on any atom is 0.322 e. The first-order valence-corrected chi connectivity index (χ1v) is 6.15. The number of urea groups is 1. The standard InChI is InChI=1S/C13H18N2O4/c1-19-12-5-3-2-4-11(12)14-13(18)15-7-10(17)6-9(15)8-16/h2-5,9-10,16-17H,6-8H2,1H3,(H,14,18)/t9-,10-/m1/s1. The summed E-state index contributed by atoms with van der Waals surface area (Å²) in [5.41, 5.74) is 0.563. The molecule has 19 heavy (non-hydrogen) atoms. The zero-order chi connectivity index (χ0) is 13.8. The minimum Gasteiger partial charge on any atom is -0.495 e. The number of nitrogens with one attached hydrogen (secondary N) is 1. The molecule has 3 N–H and O–H groups in total. The molecule has 2 atom stereocenters. The summed E-state index contributed by atoms with van der Waals surface area (Å²) < 4.78 is 5.15. The molecule has 0 bridgehead atoms. The van der Waals surface area contributed by atoms with Crippen molar-refractivity contribution in [2.45, 2.75) is 18.6 Å². The van der Waals surface area contributed by atoms with Crippen LogP contribution in [0.3, 0.4) is 0 Å².